The van der Waals surface area contributed by atoms with Gasteiger partial charge in [0.2, 0.25) is 0 Å². The molecule has 2 heterocycles. The lowest BCUT2D eigenvalue weighted by Crippen LogP contribution is -2.32. The van der Waals surface area contributed by atoms with Crippen LogP contribution in [-0.4, -0.2) is 52.9 Å². The molecular weight excluding hydrogens is 352 g/mol. The van der Waals surface area contributed by atoms with E-state index in [4.69, 9.17) is 0 Å². The molecule has 2 aromatic carbocycles. The Bertz CT molecular complexity index is 883. The number of carbonyl (C=O) groups excluding carboxylic acids is 2. The SMILES string of the molecule is O=C1c2ccccc2C(=O)N1CCCCN1CC=C(c2ccc(O)cc2)CC1. The molecule has 0 bridgehead atoms. The first-order chi connectivity index (χ1) is 13.6. The Kier molecular flexibility index (Phi) is 5.26. The van der Waals surface area contributed by atoms with Gasteiger partial charge in [-0.25, -0.2) is 0 Å². The van der Waals surface area contributed by atoms with Crippen LogP contribution >= 0.6 is 0 Å². The van der Waals surface area contributed by atoms with E-state index in [0.29, 0.717) is 23.4 Å². The highest BCUT2D eigenvalue weighted by Crippen LogP contribution is 2.25. The Balaban J connectivity index is 1.23. The molecule has 2 aliphatic rings. The summed E-state index contributed by atoms with van der Waals surface area (Å²) in [5.41, 5.74) is 3.54. The number of amides is 2. The van der Waals surface area contributed by atoms with Gasteiger partial charge >= 0.3 is 0 Å². The quantitative estimate of drug-likeness (QED) is 0.619. The molecule has 5 nitrogen and oxygen atoms in total. The molecule has 0 saturated heterocycles. The lowest BCUT2D eigenvalue weighted by molar-refractivity contribution is 0.0650. The summed E-state index contributed by atoms with van der Waals surface area (Å²) in [6, 6.07) is 14.4. The van der Waals surface area contributed by atoms with Crippen molar-refractivity contribution in [3.63, 3.8) is 0 Å². The number of hydrogen-bond acceptors (Lipinski definition) is 4. The second-order valence-electron chi connectivity index (χ2n) is 7.34. The molecule has 0 atom stereocenters. The number of hydrogen-bond donors (Lipinski definition) is 1. The second kappa shape index (κ2) is 7.98. The van der Waals surface area contributed by atoms with Crippen molar-refractivity contribution in [1.29, 1.82) is 0 Å². The standard InChI is InChI=1S/C23H24N2O3/c26-19-9-7-17(8-10-19)18-11-15-24(16-12-18)13-3-4-14-25-22(27)20-5-1-2-6-21(20)23(25)28/h1-2,5-11,26H,3-4,12-16H2. The highest BCUT2D eigenvalue weighted by Gasteiger charge is 2.34. The van der Waals surface area contributed by atoms with E-state index in [1.54, 1.807) is 36.4 Å². The molecule has 0 unspecified atom stereocenters. The molecule has 2 amide bonds. The van der Waals surface area contributed by atoms with E-state index in [1.165, 1.54) is 16.0 Å². The summed E-state index contributed by atoms with van der Waals surface area (Å²) < 4.78 is 0. The number of phenols is 1. The van der Waals surface area contributed by atoms with Gasteiger partial charge in [0, 0.05) is 19.6 Å². The van der Waals surface area contributed by atoms with Crippen LogP contribution in [0.4, 0.5) is 0 Å². The number of benzene rings is 2. The monoisotopic (exact) mass is 376 g/mol. The van der Waals surface area contributed by atoms with Crippen molar-refractivity contribution in [2.75, 3.05) is 26.2 Å². The molecule has 0 saturated carbocycles. The normalized spacial score (nSPS) is 17.0. The van der Waals surface area contributed by atoms with Crippen LogP contribution < -0.4 is 0 Å². The Morgan fingerprint density at radius 2 is 1.50 bits per heavy atom. The first-order valence-electron chi connectivity index (χ1n) is 9.79. The van der Waals surface area contributed by atoms with E-state index in [0.717, 1.165) is 38.9 Å². The summed E-state index contributed by atoms with van der Waals surface area (Å²) in [5, 5.41) is 9.41. The molecule has 0 aromatic heterocycles. The smallest absolute Gasteiger partial charge is 0.261 e. The van der Waals surface area contributed by atoms with Gasteiger partial charge in [0.05, 0.1) is 11.1 Å². The average molecular weight is 376 g/mol. The summed E-state index contributed by atoms with van der Waals surface area (Å²) in [4.78, 5) is 28.5. The topological polar surface area (TPSA) is 60.9 Å². The van der Waals surface area contributed by atoms with E-state index in [1.807, 2.05) is 12.1 Å². The zero-order valence-electron chi connectivity index (χ0n) is 15.8. The van der Waals surface area contributed by atoms with Crippen LogP contribution in [0.15, 0.2) is 54.6 Å². The summed E-state index contributed by atoms with van der Waals surface area (Å²) in [6.07, 6.45) is 5.01. The zero-order valence-corrected chi connectivity index (χ0v) is 15.8. The number of phenolic OH excluding ortho intramolecular Hbond substituents is 1. The van der Waals surface area contributed by atoms with Gasteiger partial charge in [-0.2, -0.15) is 0 Å². The maximum atomic E-state index is 12.4. The van der Waals surface area contributed by atoms with Gasteiger partial charge in [-0.15, -0.1) is 0 Å². The van der Waals surface area contributed by atoms with Crippen molar-refractivity contribution in [3.05, 3.63) is 71.3 Å². The largest absolute Gasteiger partial charge is 0.508 e. The van der Waals surface area contributed by atoms with Crippen LogP contribution in [0.1, 0.15) is 45.5 Å². The first-order valence-corrected chi connectivity index (χ1v) is 9.79. The minimum atomic E-state index is -0.167. The van der Waals surface area contributed by atoms with Crippen molar-refractivity contribution in [3.8, 4) is 5.75 Å². The van der Waals surface area contributed by atoms with Gasteiger partial charge in [0.1, 0.15) is 5.75 Å². The molecule has 0 radical (unpaired) electrons. The van der Waals surface area contributed by atoms with E-state index in [2.05, 4.69) is 11.0 Å². The Labute approximate surface area is 164 Å². The lowest BCUT2D eigenvalue weighted by atomic mass is 9.99. The number of imide groups is 1. The molecule has 0 spiro atoms. The van der Waals surface area contributed by atoms with Crippen LogP contribution in [0, 0.1) is 0 Å². The van der Waals surface area contributed by atoms with Crippen molar-refractivity contribution >= 4 is 17.4 Å². The molecule has 0 aliphatic carbocycles. The Morgan fingerprint density at radius 1 is 0.857 bits per heavy atom. The molecule has 144 valence electrons. The van der Waals surface area contributed by atoms with Gasteiger partial charge in [-0.3, -0.25) is 19.4 Å². The maximum absolute atomic E-state index is 12.4. The van der Waals surface area contributed by atoms with Crippen molar-refractivity contribution < 1.29 is 14.7 Å². The number of rotatable bonds is 6. The molecule has 5 heteroatoms. The fourth-order valence-corrected chi connectivity index (χ4v) is 3.90. The number of unbranched alkanes of at least 4 members (excludes halogenated alkanes) is 1. The molecule has 0 fully saturated rings. The fraction of sp³-hybridized carbons (Fsp3) is 0.304. The van der Waals surface area contributed by atoms with Gasteiger partial charge < -0.3 is 5.11 Å². The van der Waals surface area contributed by atoms with Crippen LogP contribution in [-0.2, 0) is 0 Å². The van der Waals surface area contributed by atoms with Crippen molar-refractivity contribution in [2.45, 2.75) is 19.3 Å². The van der Waals surface area contributed by atoms with Crippen molar-refractivity contribution in [2.24, 2.45) is 0 Å². The van der Waals surface area contributed by atoms with Gasteiger partial charge in [0.15, 0.2) is 0 Å². The maximum Gasteiger partial charge on any atom is 0.261 e. The Hall–Kier alpha value is -2.92. The molecule has 2 aliphatic heterocycles. The minimum absolute atomic E-state index is 0.167. The highest BCUT2D eigenvalue weighted by atomic mass is 16.3. The number of fused-ring (bicyclic) bond motifs is 1. The van der Waals surface area contributed by atoms with Crippen LogP contribution in [0.2, 0.25) is 0 Å². The van der Waals surface area contributed by atoms with Crippen LogP contribution in [0.25, 0.3) is 5.57 Å². The fourth-order valence-electron chi connectivity index (χ4n) is 3.90. The van der Waals surface area contributed by atoms with Gasteiger partial charge in [-0.1, -0.05) is 30.3 Å². The minimum Gasteiger partial charge on any atom is -0.508 e. The third-order valence-electron chi connectivity index (χ3n) is 5.52. The average Bonchev–Trinajstić information content (AvgIpc) is 2.97. The van der Waals surface area contributed by atoms with Gasteiger partial charge in [0.25, 0.3) is 11.8 Å². The highest BCUT2D eigenvalue weighted by molar-refractivity contribution is 6.21. The first kappa shape index (κ1) is 18.4. The molecule has 2 aromatic rings. The van der Waals surface area contributed by atoms with Gasteiger partial charge in [-0.05, 0) is 61.2 Å². The summed E-state index contributed by atoms with van der Waals surface area (Å²) in [6.45, 7) is 3.35. The Morgan fingerprint density at radius 3 is 2.11 bits per heavy atom. The van der Waals surface area contributed by atoms with E-state index in [9.17, 15) is 14.7 Å². The molecular formula is C23H24N2O3. The summed E-state index contributed by atoms with van der Waals surface area (Å²) in [7, 11) is 0. The predicted molar refractivity (Wildman–Crippen MR) is 108 cm³/mol. The van der Waals surface area contributed by atoms with E-state index >= 15 is 0 Å². The second-order valence-corrected chi connectivity index (χ2v) is 7.34. The van der Waals surface area contributed by atoms with Crippen molar-refractivity contribution in [1.82, 2.24) is 9.80 Å². The molecule has 4 rings (SSSR count). The number of nitrogens with zero attached hydrogens (tertiary/aromatic N) is 2. The summed E-state index contributed by atoms with van der Waals surface area (Å²) >= 11 is 0. The predicted octanol–water partition coefficient (Wildman–Crippen LogP) is 3.56. The lowest BCUT2D eigenvalue weighted by Gasteiger charge is -2.26. The summed E-state index contributed by atoms with van der Waals surface area (Å²) in [5.74, 6) is -0.0417. The van der Waals surface area contributed by atoms with E-state index < -0.39 is 0 Å². The third-order valence-corrected chi connectivity index (χ3v) is 5.52. The molecule has 28 heavy (non-hydrogen) atoms. The van der Waals surface area contributed by atoms with Crippen LogP contribution in [0.3, 0.4) is 0 Å². The zero-order chi connectivity index (χ0) is 19.5. The van der Waals surface area contributed by atoms with Crippen LogP contribution in [0.5, 0.6) is 5.75 Å². The molecule has 1 N–H and O–H groups in total. The number of carbonyl (C=O) groups is 2. The number of aromatic hydroxyl groups is 1. The third kappa shape index (κ3) is 3.71. The van der Waals surface area contributed by atoms with E-state index in [-0.39, 0.29) is 11.8 Å².